The van der Waals surface area contributed by atoms with Gasteiger partial charge in [-0.05, 0) is 20.8 Å². The molecular weight excluding hydrogens is 250 g/mol. The molecule has 106 valence electrons. The zero-order valence-corrected chi connectivity index (χ0v) is 11.3. The van der Waals surface area contributed by atoms with Crippen molar-refractivity contribution < 1.29 is 19.5 Å². The van der Waals surface area contributed by atoms with Gasteiger partial charge in [-0.3, -0.25) is 9.59 Å². The van der Waals surface area contributed by atoms with Gasteiger partial charge in [0.05, 0.1) is 6.54 Å². The molecule has 3 N–H and O–H groups in total. The Kier molecular flexibility index (Phi) is 7.04. The number of nitrogens with one attached hydrogen (secondary N) is 2. The van der Waals surface area contributed by atoms with Crippen LogP contribution in [0.4, 0.5) is 4.79 Å². The van der Waals surface area contributed by atoms with E-state index in [4.69, 9.17) is 11.5 Å². The highest BCUT2D eigenvalue weighted by Gasteiger charge is 2.21. The molecule has 0 radical (unpaired) electrons. The van der Waals surface area contributed by atoms with E-state index in [9.17, 15) is 14.4 Å². The monoisotopic (exact) mass is 269 g/mol. The van der Waals surface area contributed by atoms with Crippen LogP contribution in [0.5, 0.6) is 0 Å². The first-order valence-electron chi connectivity index (χ1n) is 5.79. The predicted molar refractivity (Wildman–Crippen MR) is 69.3 cm³/mol. The summed E-state index contributed by atoms with van der Waals surface area (Å²) >= 11 is 0. The third-order valence-electron chi connectivity index (χ3n) is 2.06. The van der Waals surface area contributed by atoms with Gasteiger partial charge in [0.2, 0.25) is 5.91 Å². The van der Waals surface area contributed by atoms with E-state index in [0.717, 1.165) is 4.90 Å². The lowest BCUT2D eigenvalue weighted by Crippen LogP contribution is -2.51. The van der Waals surface area contributed by atoms with Crippen molar-refractivity contribution in [2.75, 3.05) is 13.1 Å². The Hall–Kier alpha value is -2.23. The molecule has 0 heterocycles. The van der Waals surface area contributed by atoms with Gasteiger partial charge in [0, 0.05) is 6.04 Å². The molecule has 0 aliphatic rings. The maximum Gasteiger partial charge on any atom is 0.323 e. The number of hydrogen-bond donors (Lipinski definition) is 3. The minimum absolute atomic E-state index is 0.0484. The lowest BCUT2D eigenvalue weighted by Gasteiger charge is -2.22. The lowest BCUT2D eigenvalue weighted by molar-refractivity contribution is -0.137. The van der Waals surface area contributed by atoms with E-state index < -0.39 is 24.6 Å². The van der Waals surface area contributed by atoms with Crippen LogP contribution >= 0.6 is 0 Å². The Labute approximate surface area is 112 Å². The van der Waals surface area contributed by atoms with Crippen LogP contribution in [0.1, 0.15) is 20.8 Å². The minimum atomic E-state index is -1.18. The minimum Gasteiger partial charge on any atom is -0.480 e. The fourth-order valence-corrected chi connectivity index (χ4v) is 1.22. The van der Waals surface area contributed by atoms with Gasteiger partial charge in [0.15, 0.2) is 0 Å². The van der Waals surface area contributed by atoms with Gasteiger partial charge >= 0.3 is 12.0 Å². The average molecular weight is 269 g/mol. The van der Waals surface area contributed by atoms with E-state index in [-0.39, 0.29) is 18.5 Å². The molecule has 1 atom stereocenters. The quantitative estimate of drug-likeness (QED) is 0.573. The van der Waals surface area contributed by atoms with E-state index in [0.29, 0.717) is 0 Å². The molecule has 19 heavy (non-hydrogen) atoms. The normalized spacial score (nSPS) is 11.3. The Bertz CT molecular complexity index is 387. The second-order valence-electron chi connectivity index (χ2n) is 4.29. The summed E-state index contributed by atoms with van der Waals surface area (Å²) < 4.78 is 0. The highest BCUT2D eigenvalue weighted by molar-refractivity contribution is 5.88. The number of hydrogen-bond acceptors (Lipinski definition) is 3. The molecule has 0 aromatic heterocycles. The van der Waals surface area contributed by atoms with Gasteiger partial charge in [-0.2, -0.15) is 0 Å². The first-order chi connectivity index (χ1) is 8.77. The summed E-state index contributed by atoms with van der Waals surface area (Å²) in [6.45, 7) is 4.43. The van der Waals surface area contributed by atoms with Crippen molar-refractivity contribution in [2.45, 2.75) is 32.9 Å². The molecule has 7 nitrogen and oxygen atoms in total. The fraction of sp³-hybridized carbons (Fsp3) is 0.583. The molecule has 0 rings (SSSR count). The number of carbonyl (C=O) groups is 3. The summed E-state index contributed by atoms with van der Waals surface area (Å²) in [4.78, 5) is 34.9. The second kappa shape index (κ2) is 7.97. The molecule has 0 aliphatic carbocycles. The van der Waals surface area contributed by atoms with E-state index in [1.807, 2.05) is 0 Å². The largest absolute Gasteiger partial charge is 0.480 e. The number of amides is 3. The van der Waals surface area contributed by atoms with Gasteiger partial charge < -0.3 is 20.6 Å². The van der Waals surface area contributed by atoms with E-state index >= 15 is 0 Å². The highest BCUT2D eigenvalue weighted by atomic mass is 16.4. The Balaban J connectivity index is 4.50. The molecule has 0 spiro atoms. The summed E-state index contributed by atoms with van der Waals surface area (Å²) in [5.74, 6) is 0.666. The SMILES string of the molecule is C#CCN(CC(=O)O)C(=O)NC(C)C(=O)NC(C)C. The summed E-state index contributed by atoms with van der Waals surface area (Å²) in [6, 6.07) is -1.51. The number of terminal acetylenes is 1. The highest BCUT2D eigenvalue weighted by Crippen LogP contribution is 1.93. The van der Waals surface area contributed by atoms with Crippen molar-refractivity contribution in [3.63, 3.8) is 0 Å². The van der Waals surface area contributed by atoms with Gasteiger partial charge in [-0.1, -0.05) is 5.92 Å². The van der Waals surface area contributed by atoms with Gasteiger partial charge in [-0.25, -0.2) is 4.79 Å². The van der Waals surface area contributed by atoms with Gasteiger partial charge in [0.1, 0.15) is 12.6 Å². The first kappa shape index (κ1) is 16.8. The number of carbonyl (C=O) groups excluding carboxylic acids is 2. The molecule has 7 heteroatoms. The molecule has 0 bridgehead atoms. The van der Waals surface area contributed by atoms with Crippen molar-refractivity contribution in [1.29, 1.82) is 0 Å². The molecule has 0 saturated heterocycles. The van der Waals surface area contributed by atoms with Crippen LogP contribution in [0.2, 0.25) is 0 Å². The third-order valence-corrected chi connectivity index (χ3v) is 2.06. The average Bonchev–Trinajstić information content (AvgIpc) is 2.26. The van der Waals surface area contributed by atoms with Crippen LogP contribution in [-0.2, 0) is 9.59 Å². The van der Waals surface area contributed by atoms with Crippen LogP contribution in [0, 0.1) is 12.3 Å². The molecule has 3 amide bonds. The van der Waals surface area contributed by atoms with Crippen LogP contribution in [0.3, 0.4) is 0 Å². The van der Waals surface area contributed by atoms with E-state index in [1.54, 1.807) is 13.8 Å². The molecular formula is C12H19N3O4. The Morgan fingerprint density at radius 1 is 1.26 bits per heavy atom. The maximum absolute atomic E-state index is 11.7. The number of rotatable bonds is 6. The summed E-state index contributed by atoms with van der Waals surface area (Å²) in [7, 11) is 0. The van der Waals surface area contributed by atoms with Gasteiger partial charge in [0.25, 0.3) is 0 Å². The number of carboxylic acid groups (broad SMARTS) is 1. The number of aliphatic carboxylic acids is 1. The van der Waals surface area contributed by atoms with Crippen molar-refractivity contribution in [3.8, 4) is 12.3 Å². The maximum atomic E-state index is 11.7. The summed E-state index contributed by atoms with van der Waals surface area (Å²) in [6.07, 6.45) is 5.06. The standard InChI is InChI=1S/C12H19N3O4/c1-5-6-15(7-10(16)17)12(19)14-9(4)11(18)13-8(2)3/h1,8-9H,6-7H2,2-4H3,(H,13,18)(H,14,19)(H,16,17). The molecule has 0 aromatic rings. The number of nitrogens with zero attached hydrogens (tertiary/aromatic N) is 1. The molecule has 0 saturated carbocycles. The predicted octanol–water partition coefficient (Wildman–Crippen LogP) is -0.371. The zero-order chi connectivity index (χ0) is 15.0. The Morgan fingerprint density at radius 3 is 2.26 bits per heavy atom. The lowest BCUT2D eigenvalue weighted by atomic mass is 10.3. The molecule has 0 aromatic carbocycles. The molecule has 1 unspecified atom stereocenters. The molecule has 0 aliphatic heterocycles. The topological polar surface area (TPSA) is 98.7 Å². The zero-order valence-electron chi connectivity index (χ0n) is 11.3. The van der Waals surface area contributed by atoms with Crippen molar-refractivity contribution in [3.05, 3.63) is 0 Å². The van der Waals surface area contributed by atoms with Crippen LogP contribution in [-0.4, -0.2) is 53.1 Å². The second-order valence-corrected chi connectivity index (χ2v) is 4.29. The molecule has 0 fully saturated rings. The smallest absolute Gasteiger partial charge is 0.323 e. The summed E-state index contributed by atoms with van der Waals surface area (Å²) in [5, 5.41) is 13.7. The van der Waals surface area contributed by atoms with Crippen molar-refractivity contribution in [1.82, 2.24) is 15.5 Å². The number of urea groups is 1. The van der Waals surface area contributed by atoms with E-state index in [1.165, 1.54) is 6.92 Å². The van der Waals surface area contributed by atoms with Crippen LogP contribution < -0.4 is 10.6 Å². The number of carboxylic acids is 1. The fourth-order valence-electron chi connectivity index (χ4n) is 1.22. The first-order valence-corrected chi connectivity index (χ1v) is 5.79. The van der Waals surface area contributed by atoms with Crippen LogP contribution in [0.15, 0.2) is 0 Å². The third kappa shape index (κ3) is 6.93. The van der Waals surface area contributed by atoms with E-state index in [2.05, 4.69) is 16.6 Å². The van der Waals surface area contributed by atoms with Crippen LogP contribution in [0.25, 0.3) is 0 Å². The van der Waals surface area contributed by atoms with Gasteiger partial charge in [-0.15, -0.1) is 6.42 Å². The van der Waals surface area contributed by atoms with Crippen molar-refractivity contribution >= 4 is 17.9 Å². The Morgan fingerprint density at radius 2 is 1.84 bits per heavy atom. The summed E-state index contributed by atoms with van der Waals surface area (Å²) in [5.41, 5.74) is 0. The van der Waals surface area contributed by atoms with Crippen molar-refractivity contribution in [2.24, 2.45) is 0 Å².